The summed E-state index contributed by atoms with van der Waals surface area (Å²) < 4.78 is 0. The first-order valence-electron chi connectivity index (χ1n) is 6.61. The van der Waals surface area contributed by atoms with Crippen molar-refractivity contribution in [2.24, 2.45) is 0 Å². The Kier molecular flexibility index (Phi) is 4.06. The van der Waals surface area contributed by atoms with E-state index in [1.165, 1.54) is 0 Å². The predicted molar refractivity (Wildman–Crippen MR) is 73.1 cm³/mol. The van der Waals surface area contributed by atoms with Crippen molar-refractivity contribution in [2.75, 3.05) is 11.4 Å². The quantitative estimate of drug-likeness (QED) is 0.901. The van der Waals surface area contributed by atoms with E-state index in [4.69, 9.17) is 5.11 Å². The Balaban J connectivity index is 2.37. The monoisotopic (exact) mass is 258 g/mol. The molecule has 1 fully saturated rings. The number of anilines is 1. The summed E-state index contributed by atoms with van der Waals surface area (Å²) in [6.07, 6.45) is 4.28. The SMILES string of the molecule is Cc1ccc(N(CC(=O)O)C2CCCC2)c(C#N)c1. The molecule has 4 nitrogen and oxygen atoms in total. The van der Waals surface area contributed by atoms with Gasteiger partial charge in [0.15, 0.2) is 0 Å². The molecule has 1 saturated carbocycles. The summed E-state index contributed by atoms with van der Waals surface area (Å²) in [7, 11) is 0. The molecule has 0 atom stereocenters. The molecule has 1 aromatic carbocycles. The van der Waals surface area contributed by atoms with Crippen LogP contribution in [0, 0.1) is 18.3 Å². The van der Waals surface area contributed by atoms with Crippen LogP contribution in [-0.2, 0) is 4.79 Å². The molecule has 0 radical (unpaired) electrons. The molecule has 1 aromatic rings. The number of hydrogen-bond acceptors (Lipinski definition) is 3. The molecule has 0 heterocycles. The van der Waals surface area contributed by atoms with Gasteiger partial charge in [-0.3, -0.25) is 4.79 Å². The van der Waals surface area contributed by atoms with Gasteiger partial charge in [0.1, 0.15) is 12.6 Å². The van der Waals surface area contributed by atoms with Crippen LogP contribution in [0.1, 0.15) is 36.8 Å². The molecular formula is C15H18N2O2. The van der Waals surface area contributed by atoms with E-state index < -0.39 is 5.97 Å². The van der Waals surface area contributed by atoms with Crippen LogP contribution < -0.4 is 4.90 Å². The van der Waals surface area contributed by atoms with Gasteiger partial charge in [-0.15, -0.1) is 0 Å². The average Bonchev–Trinajstić information content (AvgIpc) is 2.89. The Morgan fingerprint density at radius 1 is 1.47 bits per heavy atom. The summed E-state index contributed by atoms with van der Waals surface area (Å²) >= 11 is 0. The summed E-state index contributed by atoms with van der Waals surface area (Å²) in [5.41, 5.74) is 2.33. The molecule has 0 saturated heterocycles. The second-order valence-corrected chi connectivity index (χ2v) is 5.09. The first kappa shape index (κ1) is 13.4. The van der Waals surface area contributed by atoms with Crippen LogP contribution in [0.3, 0.4) is 0 Å². The normalized spacial score (nSPS) is 15.2. The summed E-state index contributed by atoms with van der Waals surface area (Å²) in [6.45, 7) is 1.89. The van der Waals surface area contributed by atoms with Crippen molar-refractivity contribution in [3.63, 3.8) is 0 Å². The Morgan fingerprint density at radius 3 is 2.74 bits per heavy atom. The van der Waals surface area contributed by atoms with Gasteiger partial charge in [0.25, 0.3) is 0 Å². The fourth-order valence-electron chi connectivity index (χ4n) is 2.76. The van der Waals surface area contributed by atoms with Gasteiger partial charge in [-0.05, 0) is 37.5 Å². The largest absolute Gasteiger partial charge is 0.480 e. The molecule has 4 heteroatoms. The van der Waals surface area contributed by atoms with Crippen molar-refractivity contribution in [1.29, 1.82) is 5.26 Å². The smallest absolute Gasteiger partial charge is 0.323 e. The molecule has 1 aliphatic carbocycles. The van der Waals surface area contributed by atoms with Crippen molar-refractivity contribution in [2.45, 2.75) is 38.6 Å². The van der Waals surface area contributed by atoms with Gasteiger partial charge in [0.05, 0.1) is 11.3 Å². The lowest BCUT2D eigenvalue weighted by molar-refractivity contribution is -0.135. The molecule has 0 spiro atoms. The lowest BCUT2D eigenvalue weighted by Gasteiger charge is -2.30. The zero-order chi connectivity index (χ0) is 13.8. The molecule has 19 heavy (non-hydrogen) atoms. The number of carbonyl (C=O) groups is 1. The number of carboxylic acid groups (broad SMARTS) is 1. The Labute approximate surface area is 113 Å². The fourth-order valence-corrected chi connectivity index (χ4v) is 2.76. The van der Waals surface area contributed by atoms with Crippen molar-refractivity contribution in [1.82, 2.24) is 0 Å². The van der Waals surface area contributed by atoms with Crippen molar-refractivity contribution >= 4 is 11.7 Å². The number of carboxylic acids is 1. The van der Waals surface area contributed by atoms with Gasteiger partial charge >= 0.3 is 5.97 Å². The standard InChI is InChI=1S/C15H18N2O2/c1-11-6-7-14(12(8-11)9-16)17(10-15(18)19)13-4-2-3-5-13/h6-8,13H,2-5,10H2,1H3,(H,18,19). The third-order valence-corrected chi connectivity index (χ3v) is 3.65. The zero-order valence-electron chi connectivity index (χ0n) is 11.1. The lowest BCUT2D eigenvalue weighted by atomic mass is 10.1. The van der Waals surface area contributed by atoms with Crippen LogP contribution in [0.5, 0.6) is 0 Å². The number of aryl methyl sites for hydroxylation is 1. The molecule has 1 aliphatic rings. The highest BCUT2D eigenvalue weighted by atomic mass is 16.4. The van der Waals surface area contributed by atoms with Gasteiger partial charge in [-0.25, -0.2) is 0 Å². The highest BCUT2D eigenvalue weighted by Gasteiger charge is 2.26. The van der Waals surface area contributed by atoms with Gasteiger partial charge in [0.2, 0.25) is 0 Å². The van der Waals surface area contributed by atoms with E-state index in [0.29, 0.717) is 5.56 Å². The summed E-state index contributed by atoms with van der Waals surface area (Å²) in [4.78, 5) is 13.0. The first-order valence-corrected chi connectivity index (χ1v) is 6.61. The Morgan fingerprint density at radius 2 is 2.16 bits per heavy atom. The van der Waals surface area contributed by atoms with E-state index in [0.717, 1.165) is 36.9 Å². The van der Waals surface area contributed by atoms with Gasteiger partial charge in [0, 0.05) is 6.04 Å². The van der Waals surface area contributed by atoms with Crippen LogP contribution >= 0.6 is 0 Å². The number of nitriles is 1. The summed E-state index contributed by atoms with van der Waals surface area (Å²) in [5, 5.41) is 18.3. The second-order valence-electron chi connectivity index (χ2n) is 5.09. The van der Waals surface area contributed by atoms with Crippen LogP contribution in [-0.4, -0.2) is 23.7 Å². The van der Waals surface area contributed by atoms with Crippen LogP contribution in [0.15, 0.2) is 18.2 Å². The third kappa shape index (κ3) is 3.05. The van der Waals surface area contributed by atoms with Crippen LogP contribution in [0.25, 0.3) is 0 Å². The molecule has 0 unspecified atom stereocenters. The topological polar surface area (TPSA) is 64.3 Å². The van der Waals surface area contributed by atoms with E-state index in [9.17, 15) is 10.1 Å². The van der Waals surface area contributed by atoms with Crippen molar-refractivity contribution in [3.05, 3.63) is 29.3 Å². The highest BCUT2D eigenvalue weighted by molar-refractivity contribution is 5.75. The summed E-state index contributed by atoms with van der Waals surface area (Å²) in [6, 6.07) is 8.04. The third-order valence-electron chi connectivity index (χ3n) is 3.65. The van der Waals surface area contributed by atoms with E-state index in [1.54, 1.807) is 0 Å². The number of benzene rings is 1. The van der Waals surface area contributed by atoms with Gasteiger partial charge in [-0.1, -0.05) is 18.9 Å². The van der Waals surface area contributed by atoms with Crippen molar-refractivity contribution in [3.8, 4) is 6.07 Å². The maximum Gasteiger partial charge on any atom is 0.323 e. The number of nitrogens with zero attached hydrogens (tertiary/aromatic N) is 2. The minimum absolute atomic E-state index is 0.0393. The maximum absolute atomic E-state index is 11.1. The van der Waals surface area contributed by atoms with E-state index >= 15 is 0 Å². The molecule has 0 amide bonds. The minimum Gasteiger partial charge on any atom is -0.480 e. The van der Waals surface area contributed by atoms with Gasteiger partial charge < -0.3 is 10.0 Å². The molecule has 2 rings (SSSR count). The molecule has 1 N–H and O–H groups in total. The molecule has 0 bridgehead atoms. The first-order chi connectivity index (χ1) is 9.11. The maximum atomic E-state index is 11.1. The Bertz CT molecular complexity index is 513. The predicted octanol–water partition coefficient (Wildman–Crippen LogP) is 2.70. The van der Waals surface area contributed by atoms with E-state index in [1.807, 2.05) is 30.0 Å². The molecular weight excluding hydrogens is 240 g/mol. The highest BCUT2D eigenvalue weighted by Crippen LogP contribution is 2.30. The molecule has 0 aromatic heterocycles. The van der Waals surface area contributed by atoms with Crippen LogP contribution in [0.4, 0.5) is 5.69 Å². The molecule has 0 aliphatic heterocycles. The number of aliphatic carboxylic acids is 1. The summed E-state index contributed by atoms with van der Waals surface area (Å²) in [5.74, 6) is -0.851. The zero-order valence-corrected chi connectivity index (χ0v) is 11.1. The lowest BCUT2D eigenvalue weighted by Crippen LogP contribution is -2.38. The second kappa shape index (κ2) is 5.75. The minimum atomic E-state index is -0.851. The fraction of sp³-hybridized carbons (Fsp3) is 0.467. The molecule has 100 valence electrons. The number of rotatable bonds is 4. The van der Waals surface area contributed by atoms with E-state index in [-0.39, 0.29) is 12.6 Å². The average molecular weight is 258 g/mol. The Hall–Kier alpha value is -2.02. The van der Waals surface area contributed by atoms with Crippen LogP contribution in [0.2, 0.25) is 0 Å². The number of hydrogen-bond donors (Lipinski definition) is 1. The van der Waals surface area contributed by atoms with Gasteiger partial charge in [-0.2, -0.15) is 5.26 Å². The van der Waals surface area contributed by atoms with Crippen molar-refractivity contribution < 1.29 is 9.90 Å². The van der Waals surface area contributed by atoms with E-state index in [2.05, 4.69) is 6.07 Å².